The lowest BCUT2D eigenvalue weighted by molar-refractivity contribution is -0.245. The van der Waals surface area contributed by atoms with Gasteiger partial charge < -0.3 is 29.6 Å². The SMILES string of the molecule is Cn1cnnc1SC[C@H]1C[C@@H](c2ccc(CO)cc2)O[C@@H](c2ccc(-c3cccc(CNC(=O)CCCCCC(=O)O)c3)cc2)O1. The molecule has 1 saturated heterocycles. The molecule has 2 heterocycles. The molecule has 1 aliphatic heterocycles. The molecular formula is C35H40N4O6S. The van der Waals surface area contributed by atoms with Gasteiger partial charge in [0.05, 0.1) is 18.8 Å². The number of aliphatic hydroxyl groups is 1. The molecule has 0 unspecified atom stereocenters. The fourth-order valence-electron chi connectivity index (χ4n) is 5.31. The van der Waals surface area contributed by atoms with Gasteiger partial charge in [-0.05, 0) is 46.7 Å². The minimum absolute atomic E-state index is 0.00399. The molecular weight excluding hydrogens is 604 g/mol. The molecule has 1 aliphatic rings. The smallest absolute Gasteiger partial charge is 0.303 e. The van der Waals surface area contributed by atoms with Crippen LogP contribution in [0.1, 0.15) is 73.2 Å². The molecule has 4 aromatic rings. The van der Waals surface area contributed by atoms with Crippen molar-refractivity contribution in [2.45, 2.75) is 75.3 Å². The fraction of sp³-hybridized carbons (Fsp3) is 0.371. The van der Waals surface area contributed by atoms with Crippen molar-refractivity contribution in [1.82, 2.24) is 20.1 Å². The molecule has 11 heteroatoms. The molecule has 1 amide bonds. The lowest BCUT2D eigenvalue weighted by atomic mass is 9.99. The van der Waals surface area contributed by atoms with Gasteiger partial charge in [0.15, 0.2) is 11.4 Å². The summed E-state index contributed by atoms with van der Waals surface area (Å²) >= 11 is 1.60. The van der Waals surface area contributed by atoms with E-state index in [0.717, 1.165) is 45.0 Å². The third kappa shape index (κ3) is 9.49. The first-order chi connectivity index (χ1) is 22.4. The number of aliphatic carboxylic acids is 1. The number of nitrogens with zero attached hydrogens (tertiary/aromatic N) is 3. The third-order valence-electron chi connectivity index (χ3n) is 7.91. The molecule has 242 valence electrons. The van der Waals surface area contributed by atoms with Crippen molar-refractivity contribution in [3.8, 4) is 11.1 Å². The van der Waals surface area contributed by atoms with Crippen LogP contribution in [-0.2, 0) is 39.3 Å². The van der Waals surface area contributed by atoms with Gasteiger partial charge in [-0.25, -0.2) is 0 Å². The van der Waals surface area contributed by atoms with Crippen LogP contribution >= 0.6 is 11.8 Å². The number of carbonyl (C=O) groups excluding carboxylic acids is 1. The van der Waals surface area contributed by atoms with Crippen LogP contribution in [0, 0.1) is 0 Å². The van der Waals surface area contributed by atoms with Crippen molar-refractivity contribution < 1.29 is 29.3 Å². The zero-order chi connectivity index (χ0) is 32.3. The number of aryl methyl sites for hydroxylation is 1. The molecule has 3 N–H and O–H groups in total. The van der Waals surface area contributed by atoms with Crippen molar-refractivity contribution in [3.63, 3.8) is 0 Å². The Kier molecular flexibility index (Phi) is 12.0. The first-order valence-electron chi connectivity index (χ1n) is 15.5. The number of carboxylic acids is 1. The normalized spacial score (nSPS) is 17.9. The minimum atomic E-state index is -0.803. The van der Waals surface area contributed by atoms with E-state index in [1.54, 1.807) is 18.1 Å². The van der Waals surface area contributed by atoms with Crippen LogP contribution in [0.3, 0.4) is 0 Å². The Morgan fingerprint density at radius 1 is 0.935 bits per heavy atom. The van der Waals surface area contributed by atoms with Crippen molar-refractivity contribution in [3.05, 3.63) is 101 Å². The average molecular weight is 645 g/mol. The predicted molar refractivity (Wildman–Crippen MR) is 175 cm³/mol. The van der Waals surface area contributed by atoms with Crippen LogP contribution in [-0.4, -0.2) is 48.7 Å². The molecule has 0 aliphatic carbocycles. The van der Waals surface area contributed by atoms with Gasteiger partial charge in [-0.15, -0.1) is 10.2 Å². The molecule has 0 spiro atoms. The Balaban J connectivity index is 1.22. The Morgan fingerprint density at radius 3 is 2.41 bits per heavy atom. The summed E-state index contributed by atoms with van der Waals surface area (Å²) in [6, 6.07) is 24.1. The van der Waals surface area contributed by atoms with Gasteiger partial charge in [0.2, 0.25) is 5.91 Å². The van der Waals surface area contributed by atoms with E-state index in [0.29, 0.717) is 38.0 Å². The summed E-state index contributed by atoms with van der Waals surface area (Å²) in [6.45, 7) is 0.425. The van der Waals surface area contributed by atoms with Crippen LogP contribution in [0.5, 0.6) is 0 Å². The quantitative estimate of drug-likeness (QED) is 0.106. The topological polar surface area (TPSA) is 136 Å². The number of thioether (sulfide) groups is 1. The molecule has 46 heavy (non-hydrogen) atoms. The molecule has 10 nitrogen and oxygen atoms in total. The Bertz CT molecular complexity index is 1580. The Hall–Kier alpha value is -4.03. The van der Waals surface area contributed by atoms with E-state index in [2.05, 4.69) is 33.7 Å². The van der Waals surface area contributed by atoms with Crippen LogP contribution in [0.15, 0.2) is 84.3 Å². The molecule has 0 radical (unpaired) electrons. The first-order valence-corrected chi connectivity index (χ1v) is 16.5. The second-order valence-corrected chi connectivity index (χ2v) is 12.4. The highest BCUT2D eigenvalue weighted by atomic mass is 32.2. The third-order valence-corrected chi connectivity index (χ3v) is 9.08. The van der Waals surface area contributed by atoms with Gasteiger partial charge >= 0.3 is 5.97 Å². The largest absolute Gasteiger partial charge is 0.481 e. The molecule has 3 aromatic carbocycles. The maximum absolute atomic E-state index is 12.3. The van der Waals surface area contributed by atoms with Crippen molar-refractivity contribution in [1.29, 1.82) is 0 Å². The summed E-state index contributed by atoms with van der Waals surface area (Å²) in [7, 11) is 1.92. The van der Waals surface area contributed by atoms with Crippen LogP contribution < -0.4 is 5.32 Å². The number of aliphatic hydroxyl groups excluding tert-OH is 1. The number of carbonyl (C=O) groups is 2. The van der Waals surface area contributed by atoms with E-state index in [9.17, 15) is 14.7 Å². The fourth-order valence-corrected chi connectivity index (χ4v) is 6.22. The number of benzene rings is 3. The number of ether oxygens (including phenoxy) is 2. The van der Waals surface area contributed by atoms with Crippen LogP contribution in [0.2, 0.25) is 0 Å². The highest BCUT2D eigenvalue weighted by Gasteiger charge is 2.32. The van der Waals surface area contributed by atoms with Gasteiger partial charge in [-0.3, -0.25) is 9.59 Å². The number of nitrogens with one attached hydrogen (secondary N) is 1. The summed E-state index contributed by atoms with van der Waals surface area (Å²) in [5.74, 6) is -0.138. The first kappa shape index (κ1) is 33.3. The summed E-state index contributed by atoms with van der Waals surface area (Å²) in [5.41, 5.74) is 5.89. The summed E-state index contributed by atoms with van der Waals surface area (Å²) < 4.78 is 14.9. The zero-order valence-electron chi connectivity index (χ0n) is 25.9. The number of unbranched alkanes of at least 4 members (excludes halogenated alkanes) is 2. The van der Waals surface area contributed by atoms with Crippen LogP contribution in [0.4, 0.5) is 0 Å². The van der Waals surface area contributed by atoms with E-state index >= 15 is 0 Å². The van der Waals surface area contributed by atoms with E-state index < -0.39 is 12.3 Å². The predicted octanol–water partition coefficient (Wildman–Crippen LogP) is 5.96. The van der Waals surface area contributed by atoms with Gasteiger partial charge in [-0.1, -0.05) is 84.9 Å². The highest BCUT2D eigenvalue weighted by Crippen LogP contribution is 2.39. The number of hydrogen-bond donors (Lipinski definition) is 3. The summed E-state index contributed by atoms with van der Waals surface area (Å²) in [6.07, 6.45) is 4.08. The standard InChI is InChI=1S/C35H40N4O6S/c1-39-23-37-38-35(39)46-22-30-19-31(27-12-10-24(21-40)11-13-27)45-34(44-30)28-16-14-26(15-17-28)29-7-5-6-25(18-29)20-36-32(41)8-3-2-4-9-33(42)43/h5-7,10-18,23,30-31,34,40H,2-4,8-9,19-22H2,1H3,(H,36,41)(H,42,43)/t30-,31+,34+/m1/s1. The molecule has 3 atom stereocenters. The summed E-state index contributed by atoms with van der Waals surface area (Å²) in [4.78, 5) is 22.9. The second-order valence-electron chi connectivity index (χ2n) is 11.4. The van der Waals surface area contributed by atoms with Gasteiger partial charge in [0.1, 0.15) is 6.33 Å². The number of amides is 1. The molecule has 5 rings (SSSR count). The monoisotopic (exact) mass is 644 g/mol. The maximum Gasteiger partial charge on any atom is 0.303 e. The van der Waals surface area contributed by atoms with E-state index in [1.165, 1.54) is 0 Å². The second kappa shape index (κ2) is 16.5. The summed E-state index contributed by atoms with van der Waals surface area (Å²) in [5, 5.41) is 30.2. The Morgan fingerprint density at radius 2 is 1.70 bits per heavy atom. The van der Waals surface area contributed by atoms with Crippen molar-refractivity contribution in [2.75, 3.05) is 5.75 Å². The number of rotatable bonds is 15. The molecule has 1 aromatic heterocycles. The van der Waals surface area contributed by atoms with E-state index in [4.69, 9.17) is 14.6 Å². The lowest BCUT2D eigenvalue weighted by Gasteiger charge is -2.36. The highest BCUT2D eigenvalue weighted by molar-refractivity contribution is 7.99. The van der Waals surface area contributed by atoms with Crippen LogP contribution in [0.25, 0.3) is 11.1 Å². The van der Waals surface area contributed by atoms with E-state index in [1.807, 2.05) is 66.2 Å². The lowest BCUT2D eigenvalue weighted by Crippen LogP contribution is -2.31. The molecule has 1 fully saturated rings. The average Bonchev–Trinajstić information content (AvgIpc) is 3.50. The van der Waals surface area contributed by atoms with Crippen molar-refractivity contribution >= 4 is 23.6 Å². The van der Waals surface area contributed by atoms with Crippen molar-refractivity contribution in [2.24, 2.45) is 7.05 Å². The van der Waals surface area contributed by atoms with Gasteiger partial charge in [0, 0.05) is 44.2 Å². The van der Waals surface area contributed by atoms with Gasteiger partial charge in [0.25, 0.3) is 0 Å². The number of hydrogen-bond acceptors (Lipinski definition) is 8. The van der Waals surface area contributed by atoms with E-state index in [-0.39, 0.29) is 31.1 Å². The Labute approximate surface area is 273 Å². The molecule has 0 saturated carbocycles. The number of aromatic nitrogens is 3. The molecule has 0 bridgehead atoms. The maximum atomic E-state index is 12.3. The number of carboxylic acid groups (broad SMARTS) is 1. The van der Waals surface area contributed by atoms with Gasteiger partial charge in [-0.2, -0.15) is 0 Å². The zero-order valence-corrected chi connectivity index (χ0v) is 26.7. The minimum Gasteiger partial charge on any atom is -0.481 e.